The Labute approximate surface area is 98.8 Å². The maximum atomic E-state index is 13.1. The summed E-state index contributed by atoms with van der Waals surface area (Å²) >= 11 is 0. The summed E-state index contributed by atoms with van der Waals surface area (Å²) in [6.07, 6.45) is 4.80. The van der Waals surface area contributed by atoms with E-state index in [2.05, 4.69) is 4.98 Å². The quantitative estimate of drug-likeness (QED) is 0.767. The maximum Gasteiger partial charge on any atom is 0.217 e. The first-order chi connectivity index (χ1) is 8.16. The van der Waals surface area contributed by atoms with Gasteiger partial charge in [0.05, 0.1) is 0 Å². The first kappa shape index (κ1) is 11.6. The number of hydrogen-bond donors (Lipinski definition) is 2. The van der Waals surface area contributed by atoms with Gasteiger partial charge >= 0.3 is 0 Å². The summed E-state index contributed by atoms with van der Waals surface area (Å²) in [7, 11) is 0. The molecule has 1 amide bonds. The molecule has 3 N–H and O–H groups in total. The lowest BCUT2D eigenvalue weighted by atomic mass is 10.1. The third kappa shape index (κ3) is 2.84. The molecule has 0 saturated carbocycles. The number of nitrogens with two attached hydrogens (primary N) is 1. The number of carbonyl (C=O) groups is 1. The van der Waals surface area contributed by atoms with E-state index in [1.54, 1.807) is 6.07 Å². The second-order valence-corrected chi connectivity index (χ2v) is 4.18. The first-order valence-electron chi connectivity index (χ1n) is 5.70. The summed E-state index contributed by atoms with van der Waals surface area (Å²) in [6.45, 7) is 0. The second kappa shape index (κ2) is 4.99. The van der Waals surface area contributed by atoms with E-state index in [-0.39, 0.29) is 11.7 Å². The Hall–Kier alpha value is -1.84. The molecular formula is C13H15FN2O. The molecule has 1 aromatic heterocycles. The zero-order valence-electron chi connectivity index (χ0n) is 9.50. The summed E-state index contributed by atoms with van der Waals surface area (Å²) < 4.78 is 13.1. The van der Waals surface area contributed by atoms with Crippen LogP contribution in [0.1, 0.15) is 24.8 Å². The molecule has 0 aliphatic rings. The topological polar surface area (TPSA) is 58.9 Å². The summed E-state index contributed by atoms with van der Waals surface area (Å²) in [6, 6.07) is 4.71. The molecule has 2 rings (SSSR count). The first-order valence-corrected chi connectivity index (χ1v) is 5.70. The van der Waals surface area contributed by atoms with Gasteiger partial charge in [-0.1, -0.05) is 0 Å². The third-order valence-corrected chi connectivity index (χ3v) is 2.85. The zero-order chi connectivity index (χ0) is 12.3. The number of carbonyl (C=O) groups excluding carboxylic acids is 1. The van der Waals surface area contributed by atoms with E-state index in [9.17, 15) is 9.18 Å². The van der Waals surface area contributed by atoms with Crippen LogP contribution < -0.4 is 5.73 Å². The van der Waals surface area contributed by atoms with E-state index in [1.165, 1.54) is 12.1 Å². The van der Waals surface area contributed by atoms with Crippen molar-refractivity contribution in [3.63, 3.8) is 0 Å². The van der Waals surface area contributed by atoms with Gasteiger partial charge in [-0.05, 0) is 43.0 Å². The van der Waals surface area contributed by atoms with Crippen LogP contribution in [0.3, 0.4) is 0 Å². The van der Waals surface area contributed by atoms with E-state index in [4.69, 9.17) is 5.73 Å². The molecule has 0 aliphatic heterocycles. The van der Waals surface area contributed by atoms with Crippen molar-refractivity contribution < 1.29 is 9.18 Å². The lowest BCUT2D eigenvalue weighted by molar-refractivity contribution is -0.118. The standard InChI is InChI=1S/C13H15FN2O/c14-10-5-6-12-11(7-10)9(8-16-12)3-1-2-4-13(15)17/h5-8,16H,1-4H2,(H2,15,17). The van der Waals surface area contributed by atoms with Crippen LogP contribution in [0.25, 0.3) is 10.9 Å². The number of H-pyrrole nitrogens is 1. The van der Waals surface area contributed by atoms with Gasteiger partial charge in [-0.25, -0.2) is 4.39 Å². The SMILES string of the molecule is NC(=O)CCCCc1c[nH]c2ccc(F)cc12. The minimum absolute atomic E-state index is 0.226. The number of amides is 1. The molecule has 4 heteroatoms. The van der Waals surface area contributed by atoms with Crippen LogP contribution in [-0.4, -0.2) is 10.9 Å². The summed E-state index contributed by atoms with van der Waals surface area (Å²) in [5.74, 6) is -0.495. The number of primary amides is 1. The van der Waals surface area contributed by atoms with Gasteiger partial charge in [-0.3, -0.25) is 4.79 Å². The number of rotatable bonds is 5. The van der Waals surface area contributed by atoms with Crippen molar-refractivity contribution in [3.8, 4) is 0 Å². The van der Waals surface area contributed by atoms with E-state index in [0.717, 1.165) is 35.7 Å². The number of aromatic amines is 1. The Morgan fingerprint density at radius 2 is 2.18 bits per heavy atom. The van der Waals surface area contributed by atoms with Gasteiger partial charge < -0.3 is 10.7 Å². The zero-order valence-corrected chi connectivity index (χ0v) is 9.50. The largest absolute Gasteiger partial charge is 0.370 e. The number of unbranched alkanes of at least 4 members (excludes halogenated alkanes) is 1. The average molecular weight is 234 g/mol. The molecular weight excluding hydrogens is 219 g/mol. The van der Waals surface area contributed by atoms with Crippen molar-refractivity contribution in [2.45, 2.75) is 25.7 Å². The van der Waals surface area contributed by atoms with Crippen LogP contribution in [0.4, 0.5) is 4.39 Å². The Bertz CT molecular complexity index is 533. The number of aryl methyl sites for hydroxylation is 1. The van der Waals surface area contributed by atoms with Gasteiger partial charge in [0.25, 0.3) is 0 Å². The van der Waals surface area contributed by atoms with Gasteiger partial charge in [0.2, 0.25) is 5.91 Å². The number of hydrogen-bond acceptors (Lipinski definition) is 1. The van der Waals surface area contributed by atoms with Gasteiger partial charge in [0, 0.05) is 23.5 Å². The van der Waals surface area contributed by atoms with Gasteiger partial charge in [0.1, 0.15) is 5.82 Å². The Morgan fingerprint density at radius 3 is 2.94 bits per heavy atom. The molecule has 0 aliphatic carbocycles. The second-order valence-electron chi connectivity index (χ2n) is 4.18. The number of nitrogens with one attached hydrogen (secondary N) is 1. The monoisotopic (exact) mass is 234 g/mol. The molecule has 90 valence electrons. The summed E-state index contributed by atoms with van der Waals surface area (Å²) in [4.78, 5) is 13.7. The third-order valence-electron chi connectivity index (χ3n) is 2.85. The molecule has 2 aromatic rings. The highest BCUT2D eigenvalue weighted by molar-refractivity contribution is 5.83. The highest BCUT2D eigenvalue weighted by Crippen LogP contribution is 2.21. The predicted molar refractivity (Wildman–Crippen MR) is 65.0 cm³/mol. The normalized spacial score (nSPS) is 10.9. The minimum atomic E-state index is -0.269. The lowest BCUT2D eigenvalue weighted by Crippen LogP contribution is -2.09. The van der Waals surface area contributed by atoms with E-state index in [1.807, 2.05) is 6.20 Å². The van der Waals surface area contributed by atoms with Crippen molar-refractivity contribution in [2.75, 3.05) is 0 Å². The van der Waals surface area contributed by atoms with Crippen molar-refractivity contribution in [3.05, 3.63) is 35.8 Å². The van der Waals surface area contributed by atoms with Crippen molar-refractivity contribution in [2.24, 2.45) is 5.73 Å². The Balaban J connectivity index is 2.03. The van der Waals surface area contributed by atoms with Crippen LogP contribution in [0.5, 0.6) is 0 Å². The highest BCUT2D eigenvalue weighted by atomic mass is 19.1. The molecule has 0 radical (unpaired) electrons. The van der Waals surface area contributed by atoms with Crippen LogP contribution >= 0.6 is 0 Å². The number of fused-ring (bicyclic) bond motifs is 1. The van der Waals surface area contributed by atoms with E-state index >= 15 is 0 Å². The van der Waals surface area contributed by atoms with Crippen LogP contribution in [0.15, 0.2) is 24.4 Å². The van der Waals surface area contributed by atoms with Crippen molar-refractivity contribution >= 4 is 16.8 Å². The lowest BCUT2D eigenvalue weighted by Gasteiger charge is -1.99. The Kier molecular flexibility index (Phi) is 3.42. The molecule has 0 saturated heterocycles. The number of benzene rings is 1. The van der Waals surface area contributed by atoms with Gasteiger partial charge in [-0.2, -0.15) is 0 Å². The average Bonchev–Trinajstić information content (AvgIpc) is 2.67. The fourth-order valence-corrected chi connectivity index (χ4v) is 1.97. The summed E-state index contributed by atoms with van der Waals surface area (Å²) in [5, 5.41) is 0.920. The smallest absolute Gasteiger partial charge is 0.217 e. The van der Waals surface area contributed by atoms with Crippen molar-refractivity contribution in [1.29, 1.82) is 0 Å². The molecule has 3 nitrogen and oxygen atoms in total. The molecule has 0 unspecified atom stereocenters. The fourth-order valence-electron chi connectivity index (χ4n) is 1.97. The minimum Gasteiger partial charge on any atom is -0.370 e. The van der Waals surface area contributed by atoms with E-state index < -0.39 is 0 Å². The maximum absolute atomic E-state index is 13.1. The highest BCUT2D eigenvalue weighted by Gasteiger charge is 2.04. The molecule has 0 atom stereocenters. The number of halogens is 1. The van der Waals surface area contributed by atoms with E-state index in [0.29, 0.717) is 6.42 Å². The van der Waals surface area contributed by atoms with Crippen molar-refractivity contribution in [1.82, 2.24) is 4.98 Å². The Morgan fingerprint density at radius 1 is 1.35 bits per heavy atom. The molecule has 17 heavy (non-hydrogen) atoms. The predicted octanol–water partition coefficient (Wildman–Crippen LogP) is 2.51. The molecule has 1 heterocycles. The molecule has 0 spiro atoms. The van der Waals surface area contributed by atoms with Crippen LogP contribution in [0, 0.1) is 5.82 Å². The van der Waals surface area contributed by atoms with Crippen LogP contribution in [0.2, 0.25) is 0 Å². The van der Waals surface area contributed by atoms with Gasteiger partial charge in [0.15, 0.2) is 0 Å². The summed E-state index contributed by atoms with van der Waals surface area (Å²) in [5.41, 5.74) is 7.10. The van der Waals surface area contributed by atoms with Gasteiger partial charge in [-0.15, -0.1) is 0 Å². The van der Waals surface area contributed by atoms with Crippen LogP contribution in [-0.2, 0) is 11.2 Å². The fraction of sp³-hybridized carbons (Fsp3) is 0.308. The molecule has 0 fully saturated rings. The molecule has 0 bridgehead atoms. The number of aromatic nitrogens is 1. The molecule has 1 aromatic carbocycles.